The van der Waals surface area contributed by atoms with Crippen molar-refractivity contribution in [2.75, 3.05) is 145 Å². The Bertz CT molecular complexity index is 408. The Morgan fingerprint density at radius 1 is 0.333 bits per heavy atom. The van der Waals surface area contributed by atoms with Crippen molar-refractivity contribution in [2.24, 2.45) is 5.73 Å². The van der Waals surface area contributed by atoms with E-state index in [9.17, 15) is 0 Å². The zero-order valence-electron chi connectivity index (χ0n) is 21.9. The van der Waals surface area contributed by atoms with Gasteiger partial charge < -0.3 is 57.8 Å². The molecule has 0 aromatic heterocycles. The summed E-state index contributed by atoms with van der Waals surface area (Å²) in [7, 11) is 0. The van der Waals surface area contributed by atoms with Crippen molar-refractivity contribution in [1.29, 1.82) is 0 Å². The van der Waals surface area contributed by atoms with Gasteiger partial charge in [0.1, 0.15) is 6.61 Å². The van der Waals surface area contributed by atoms with Crippen molar-refractivity contribution >= 4 is 0 Å². The number of nitrogens with two attached hydrogens (primary N) is 1. The van der Waals surface area contributed by atoms with Gasteiger partial charge in [-0.15, -0.1) is 0 Å². The SMILES string of the molecule is C=COCCOCCOCCOCCOCCOCCOCCOCCOCCOCCOCCN. The zero-order valence-corrected chi connectivity index (χ0v) is 21.9. The lowest BCUT2D eigenvalue weighted by atomic mass is 10.6. The molecule has 0 aromatic rings. The molecule has 0 saturated heterocycles. The van der Waals surface area contributed by atoms with Crippen LogP contribution < -0.4 is 5.73 Å². The number of hydrogen-bond donors (Lipinski definition) is 1. The maximum atomic E-state index is 5.44. The molecular formula is C24H49NO11. The molecule has 216 valence electrons. The second-order valence-corrected chi connectivity index (χ2v) is 6.95. The molecule has 12 heteroatoms. The standard InChI is InChI=1S/C24H49NO11/c1-2-26-5-6-28-9-10-30-13-14-32-17-18-34-21-22-36-24-23-35-20-19-33-16-15-31-12-11-29-8-7-27-4-3-25/h2H,1,3-25H2. The van der Waals surface area contributed by atoms with Gasteiger partial charge in [-0.3, -0.25) is 0 Å². The molecule has 0 aliphatic rings. The van der Waals surface area contributed by atoms with Crippen LogP contribution in [-0.2, 0) is 52.1 Å². The fourth-order valence-corrected chi connectivity index (χ4v) is 2.35. The van der Waals surface area contributed by atoms with Gasteiger partial charge >= 0.3 is 0 Å². The van der Waals surface area contributed by atoms with Crippen molar-refractivity contribution in [3.05, 3.63) is 12.8 Å². The molecule has 0 amide bonds. The summed E-state index contributed by atoms with van der Waals surface area (Å²) in [6, 6.07) is 0. The molecule has 0 aliphatic heterocycles. The first-order valence-electron chi connectivity index (χ1n) is 12.6. The minimum absolute atomic E-state index is 0.504. The number of rotatable bonds is 33. The summed E-state index contributed by atoms with van der Waals surface area (Å²) in [5.74, 6) is 0. The minimum atomic E-state index is 0.504. The van der Waals surface area contributed by atoms with Gasteiger partial charge in [-0.2, -0.15) is 0 Å². The second-order valence-electron chi connectivity index (χ2n) is 6.95. The van der Waals surface area contributed by atoms with E-state index in [0.29, 0.717) is 145 Å². The molecule has 0 rings (SSSR count). The van der Waals surface area contributed by atoms with Crippen LogP contribution in [0.2, 0.25) is 0 Å². The van der Waals surface area contributed by atoms with Crippen LogP contribution in [0.15, 0.2) is 12.8 Å². The van der Waals surface area contributed by atoms with Gasteiger partial charge in [0, 0.05) is 6.54 Å². The molecule has 36 heavy (non-hydrogen) atoms. The summed E-state index contributed by atoms with van der Waals surface area (Å²) >= 11 is 0. The highest BCUT2D eigenvalue weighted by Crippen LogP contribution is 1.86. The van der Waals surface area contributed by atoms with Crippen molar-refractivity contribution in [3.8, 4) is 0 Å². The molecule has 0 bridgehead atoms. The van der Waals surface area contributed by atoms with E-state index in [1.54, 1.807) is 0 Å². The van der Waals surface area contributed by atoms with E-state index in [1.165, 1.54) is 6.26 Å². The predicted octanol–water partition coefficient (Wildman–Crippen LogP) is 0.271. The van der Waals surface area contributed by atoms with Gasteiger partial charge in [-0.25, -0.2) is 0 Å². The highest BCUT2D eigenvalue weighted by Gasteiger charge is 1.96. The molecule has 0 atom stereocenters. The lowest BCUT2D eigenvalue weighted by Crippen LogP contribution is -2.15. The van der Waals surface area contributed by atoms with Crippen LogP contribution in [0.3, 0.4) is 0 Å². The Hall–Kier alpha value is -0.900. The second kappa shape index (κ2) is 34.1. The molecule has 0 heterocycles. The predicted molar refractivity (Wildman–Crippen MR) is 133 cm³/mol. The Labute approximate surface area is 216 Å². The zero-order chi connectivity index (χ0) is 26.0. The van der Waals surface area contributed by atoms with E-state index in [-0.39, 0.29) is 0 Å². The van der Waals surface area contributed by atoms with Gasteiger partial charge in [0.15, 0.2) is 0 Å². The third-order valence-corrected chi connectivity index (χ3v) is 4.07. The van der Waals surface area contributed by atoms with Gasteiger partial charge in [-0.1, -0.05) is 6.58 Å². The van der Waals surface area contributed by atoms with Crippen molar-refractivity contribution in [2.45, 2.75) is 0 Å². The van der Waals surface area contributed by atoms with Crippen LogP contribution in [0.1, 0.15) is 0 Å². The third kappa shape index (κ3) is 33.1. The van der Waals surface area contributed by atoms with Crippen LogP contribution in [0, 0.1) is 0 Å². The Balaban J connectivity index is 3.00. The maximum Gasteiger partial charge on any atom is 0.111 e. The van der Waals surface area contributed by atoms with Crippen molar-refractivity contribution in [1.82, 2.24) is 0 Å². The summed E-state index contributed by atoms with van der Waals surface area (Å²) in [6.07, 6.45) is 1.40. The highest BCUT2D eigenvalue weighted by atomic mass is 16.6. The van der Waals surface area contributed by atoms with Gasteiger partial charge in [0.25, 0.3) is 0 Å². The monoisotopic (exact) mass is 527 g/mol. The quantitative estimate of drug-likeness (QED) is 0.0929. The molecule has 12 nitrogen and oxygen atoms in total. The number of ether oxygens (including phenoxy) is 11. The summed E-state index contributed by atoms with van der Waals surface area (Å²) in [5, 5.41) is 0. The van der Waals surface area contributed by atoms with Crippen LogP contribution in [0.25, 0.3) is 0 Å². The van der Waals surface area contributed by atoms with E-state index in [4.69, 9.17) is 57.8 Å². The Morgan fingerprint density at radius 3 is 0.722 bits per heavy atom. The summed E-state index contributed by atoms with van der Waals surface area (Å²) in [6.45, 7) is 15.0. The van der Waals surface area contributed by atoms with E-state index in [1.807, 2.05) is 0 Å². The summed E-state index contributed by atoms with van der Waals surface area (Å²) < 4.78 is 58.8. The van der Waals surface area contributed by atoms with Gasteiger partial charge in [0.05, 0.1) is 138 Å². The molecule has 2 N–H and O–H groups in total. The van der Waals surface area contributed by atoms with E-state index in [0.717, 1.165) is 0 Å². The maximum absolute atomic E-state index is 5.44. The Morgan fingerprint density at radius 2 is 0.528 bits per heavy atom. The normalized spacial score (nSPS) is 11.2. The largest absolute Gasteiger partial charge is 0.499 e. The molecule has 0 unspecified atom stereocenters. The first-order chi connectivity index (χ1) is 17.9. The first-order valence-corrected chi connectivity index (χ1v) is 12.6. The summed E-state index contributed by atoms with van der Waals surface area (Å²) in [5.41, 5.74) is 5.32. The van der Waals surface area contributed by atoms with E-state index >= 15 is 0 Å². The van der Waals surface area contributed by atoms with E-state index < -0.39 is 0 Å². The highest BCUT2D eigenvalue weighted by molar-refractivity contribution is 4.47. The van der Waals surface area contributed by atoms with Gasteiger partial charge in [0.2, 0.25) is 0 Å². The molecule has 0 aromatic carbocycles. The fourth-order valence-electron chi connectivity index (χ4n) is 2.35. The molecule has 0 fully saturated rings. The minimum Gasteiger partial charge on any atom is -0.499 e. The molecule has 0 radical (unpaired) electrons. The average Bonchev–Trinajstić information content (AvgIpc) is 2.89. The molecule has 0 spiro atoms. The average molecular weight is 528 g/mol. The number of hydrogen-bond acceptors (Lipinski definition) is 12. The van der Waals surface area contributed by atoms with Crippen LogP contribution in [-0.4, -0.2) is 145 Å². The van der Waals surface area contributed by atoms with Crippen LogP contribution in [0.5, 0.6) is 0 Å². The lowest BCUT2D eigenvalue weighted by molar-refractivity contribution is -0.0268. The summed E-state index contributed by atoms with van der Waals surface area (Å²) in [4.78, 5) is 0. The fraction of sp³-hybridized carbons (Fsp3) is 0.917. The molecular weight excluding hydrogens is 478 g/mol. The topological polar surface area (TPSA) is 128 Å². The van der Waals surface area contributed by atoms with E-state index in [2.05, 4.69) is 6.58 Å². The first kappa shape index (κ1) is 35.1. The van der Waals surface area contributed by atoms with Crippen LogP contribution in [0.4, 0.5) is 0 Å². The van der Waals surface area contributed by atoms with Crippen molar-refractivity contribution in [3.63, 3.8) is 0 Å². The molecule has 0 aliphatic carbocycles. The van der Waals surface area contributed by atoms with Crippen LogP contribution >= 0.6 is 0 Å². The van der Waals surface area contributed by atoms with Crippen molar-refractivity contribution < 1.29 is 52.1 Å². The lowest BCUT2D eigenvalue weighted by Gasteiger charge is -2.09. The third-order valence-electron chi connectivity index (χ3n) is 4.07. The van der Waals surface area contributed by atoms with Gasteiger partial charge in [-0.05, 0) is 0 Å². The Kier molecular flexibility index (Phi) is 33.2. The molecule has 0 saturated carbocycles. The smallest absolute Gasteiger partial charge is 0.111 e.